The van der Waals surface area contributed by atoms with Crippen LogP contribution < -0.4 is 34.7 Å². The van der Waals surface area contributed by atoms with Crippen molar-refractivity contribution < 1.29 is 79.4 Å². The van der Waals surface area contributed by atoms with Crippen LogP contribution in [0.5, 0.6) is 5.75 Å². The zero-order valence-electron chi connectivity index (χ0n) is 12.5. The largest absolute Gasteiger partial charge is 1.00 e. The summed E-state index contributed by atoms with van der Waals surface area (Å²) in [7, 11) is 0. The van der Waals surface area contributed by atoms with E-state index in [1.165, 1.54) is 24.3 Å². The van der Waals surface area contributed by atoms with Crippen LogP contribution in [0.2, 0.25) is 0 Å². The van der Waals surface area contributed by atoms with Crippen LogP contribution in [0.3, 0.4) is 0 Å². The number of hydrogen-bond acceptors (Lipinski definition) is 7. The summed E-state index contributed by atoms with van der Waals surface area (Å²) in [6.07, 6.45) is -2.29. The fourth-order valence-corrected chi connectivity index (χ4v) is 1.31. The number of aliphatic hydroxyl groups is 1. The number of aliphatic carboxylic acids is 3. The SMILES string of the molecule is O=C(O)CC(O)(CC(=O)O)C(=O)O.O=C([O-])c1ccc(O)cc1.[Na+]. The third-order valence-corrected chi connectivity index (χ3v) is 2.39. The minimum Gasteiger partial charge on any atom is -0.545 e. The number of rotatable bonds is 6. The molecular formula is C13H13NaO10. The molecule has 0 saturated carbocycles. The number of hydrogen-bond donors (Lipinski definition) is 5. The first kappa shape index (κ1) is 24.1. The Hall–Kier alpha value is -2.14. The molecule has 0 fully saturated rings. The Kier molecular flexibility index (Phi) is 10.7. The number of aromatic carboxylic acids is 1. The maximum absolute atomic E-state index is 10.3. The molecule has 0 atom stereocenters. The van der Waals surface area contributed by atoms with E-state index in [9.17, 15) is 24.3 Å². The van der Waals surface area contributed by atoms with E-state index >= 15 is 0 Å². The van der Waals surface area contributed by atoms with Crippen LogP contribution in [0.4, 0.5) is 0 Å². The average molecular weight is 352 g/mol. The van der Waals surface area contributed by atoms with Gasteiger partial charge in [-0.2, -0.15) is 0 Å². The molecule has 0 saturated heterocycles. The number of carbonyl (C=O) groups excluding carboxylic acids is 1. The van der Waals surface area contributed by atoms with E-state index in [-0.39, 0.29) is 40.9 Å². The maximum Gasteiger partial charge on any atom is 1.00 e. The van der Waals surface area contributed by atoms with Crippen LogP contribution in [-0.2, 0) is 14.4 Å². The van der Waals surface area contributed by atoms with Crippen LogP contribution in [0.15, 0.2) is 24.3 Å². The van der Waals surface area contributed by atoms with Gasteiger partial charge in [-0.1, -0.05) is 0 Å². The van der Waals surface area contributed by atoms with E-state index in [2.05, 4.69) is 0 Å². The Bertz CT molecular complexity index is 579. The van der Waals surface area contributed by atoms with E-state index in [0.717, 1.165) is 0 Å². The number of phenolic OH excluding ortho intramolecular Hbond substituents is 1. The molecule has 0 radical (unpaired) electrons. The van der Waals surface area contributed by atoms with Crippen LogP contribution in [0.25, 0.3) is 0 Å². The fraction of sp³-hybridized carbons (Fsp3) is 0.231. The van der Waals surface area contributed by atoms with E-state index in [4.69, 9.17) is 25.5 Å². The zero-order valence-corrected chi connectivity index (χ0v) is 14.5. The smallest absolute Gasteiger partial charge is 0.545 e. The van der Waals surface area contributed by atoms with Crippen molar-refractivity contribution >= 4 is 23.9 Å². The number of aromatic hydroxyl groups is 1. The molecule has 0 aromatic heterocycles. The first-order chi connectivity index (χ1) is 10.5. The van der Waals surface area contributed by atoms with Crippen molar-refractivity contribution in [3.63, 3.8) is 0 Å². The minimum absolute atomic E-state index is 0. The van der Waals surface area contributed by atoms with E-state index in [1.807, 2.05) is 0 Å². The summed E-state index contributed by atoms with van der Waals surface area (Å²) in [6.45, 7) is 0. The Morgan fingerprint density at radius 1 is 0.917 bits per heavy atom. The van der Waals surface area contributed by atoms with Crippen molar-refractivity contribution in [1.29, 1.82) is 0 Å². The normalized spacial score (nSPS) is 9.71. The molecule has 0 amide bonds. The number of phenols is 1. The van der Waals surface area contributed by atoms with Crippen LogP contribution in [-0.4, -0.2) is 55.0 Å². The Morgan fingerprint density at radius 2 is 1.29 bits per heavy atom. The predicted molar refractivity (Wildman–Crippen MR) is 69.5 cm³/mol. The second-order valence-corrected chi connectivity index (χ2v) is 4.31. The Balaban J connectivity index is 0. The molecule has 0 bridgehead atoms. The van der Waals surface area contributed by atoms with Gasteiger partial charge in [-0.15, -0.1) is 0 Å². The third kappa shape index (κ3) is 9.10. The molecule has 24 heavy (non-hydrogen) atoms. The van der Waals surface area contributed by atoms with Gasteiger partial charge >= 0.3 is 47.5 Å². The first-order valence-corrected chi connectivity index (χ1v) is 5.87. The van der Waals surface area contributed by atoms with Gasteiger partial charge in [0.2, 0.25) is 0 Å². The molecule has 0 unspecified atom stereocenters. The molecule has 0 heterocycles. The van der Waals surface area contributed by atoms with Gasteiger partial charge in [0.1, 0.15) is 5.75 Å². The Morgan fingerprint density at radius 3 is 1.54 bits per heavy atom. The van der Waals surface area contributed by atoms with Crippen molar-refractivity contribution in [2.24, 2.45) is 0 Å². The molecule has 1 rings (SSSR count). The summed E-state index contributed by atoms with van der Waals surface area (Å²) in [4.78, 5) is 40.6. The van der Waals surface area contributed by atoms with Gasteiger partial charge in [0.25, 0.3) is 0 Å². The predicted octanol–water partition coefficient (Wildman–Crippen LogP) is -4.49. The summed E-state index contributed by atoms with van der Waals surface area (Å²) in [5, 5.41) is 52.7. The molecule has 0 aliphatic rings. The Labute approximate surface area is 157 Å². The molecular weight excluding hydrogens is 339 g/mol. The molecule has 1 aromatic carbocycles. The minimum atomic E-state index is -2.74. The molecule has 5 N–H and O–H groups in total. The number of benzene rings is 1. The molecule has 1 aromatic rings. The van der Waals surface area contributed by atoms with E-state index in [1.54, 1.807) is 0 Å². The average Bonchev–Trinajstić information content (AvgIpc) is 2.37. The van der Waals surface area contributed by atoms with Crippen molar-refractivity contribution in [2.75, 3.05) is 0 Å². The fourth-order valence-electron chi connectivity index (χ4n) is 1.31. The van der Waals surface area contributed by atoms with Crippen LogP contribution in [0, 0.1) is 0 Å². The monoisotopic (exact) mass is 352 g/mol. The van der Waals surface area contributed by atoms with Gasteiger partial charge in [0.15, 0.2) is 5.60 Å². The number of carboxylic acids is 4. The van der Waals surface area contributed by atoms with Crippen LogP contribution >= 0.6 is 0 Å². The van der Waals surface area contributed by atoms with Gasteiger partial charge in [0, 0.05) is 0 Å². The molecule has 0 spiro atoms. The molecule has 126 valence electrons. The summed E-state index contributed by atoms with van der Waals surface area (Å²) < 4.78 is 0. The summed E-state index contributed by atoms with van der Waals surface area (Å²) in [5.41, 5.74) is -2.67. The van der Waals surface area contributed by atoms with Crippen molar-refractivity contribution in [3.05, 3.63) is 29.8 Å². The van der Waals surface area contributed by atoms with E-state index in [0.29, 0.717) is 0 Å². The van der Waals surface area contributed by atoms with Crippen molar-refractivity contribution in [3.8, 4) is 5.75 Å². The molecule has 0 aliphatic heterocycles. The second-order valence-electron chi connectivity index (χ2n) is 4.31. The summed E-state index contributed by atoms with van der Waals surface area (Å²) in [6, 6.07) is 5.16. The number of carbonyl (C=O) groups is 4. The molecule has 10 nitrogen and oxygen atoms in total. The van der Waals surface area contributed by atoms with Gasteiger partial charge in [0.05, 0.1) is 18.8 Å². The number of carboxylic acid groups (broad SMARTS) is 4. The third-order valence-electron chi connectivity index (χ3n) is 2.39. The van der Waals surface area contributed by atoms with Gasteiger partial charge in [-0.3, -0.25) is 9.59 Å². The second kappa shape index (κ2) is 10.6. The molecule has 11 heteroatoms. The molecule has 0 aliphatic carbocycles. The van der Waals surface area contributed by atoms with E-state index < -0.39 is 42.3 Å². The van der Waals surface area contributed by atoms with Gasteiger partial charge in [-0.25, -0.2) is 4.79 Å². The maximum atomic E-state index is 10.3. The standard InChI is InChI=1S/C7H6O3.C6H8O7.Na/c8-6-3-1-5(2-4-6)7(9)10;7-3(8)1-6(13,5(11)12)2-4(9)10;/h1-4,8H,(H,9,10);13H,1-2H2,(H,7,8)(H,9,10)(H,11,12);/q;;+1/p-1. The summed E-state index contributed by atoms with van der Waals surface area (Å²) in [5.74, 6) is -6.21. The quantitative estimate of drug-likeness (QED) is 0.312. The van der Waals surface area contributed by atoms with Crippen molar-refractivity contribution in [1.82, 2.24) is 0 Å². The summed E-state index contributed by atoms with van der Waals surface area (Å²) >= 11 is 0. The van der Waals surface area contributed by atoms with Crippen molar-refractivity contribution in [2.45, 2.75) is 18.4 Å². The van der Waals surface area contributed by atoms with Crippen LogP contribution in [0.1, 0.15) is 23.2 Å². The van der Waals surface area contributed by atoms with Gasteiger partial charge in [-0.05, 0) is 29.8 Å². The first-order valence-electron chi connectivity index (χ1n) is 5.87. The van der Waals surface area contributed by atoms with Gasteiger partial charge < -0.3 is 35.4 Å². The topological polar surface area (TPSA) is 192 Å². The zero-order chi connectivity index (χ0) is 18.2.